The smallest absolute Gasteiger partial charge is 0.550 e. The Morgan fingerprint density at radius 3 is 0.905 bits per heavy atom. The Morgan fingerprint density at radius 1 is 0.429 bits per heavy atom. The average molecular weight is 790 g/mol. The van der Waals surface area contributed by atoms with E-state index in [-0.39, 0.29) is 60.7 Å². The first-order valence-corrected chi connectivity index (χ1v) is 16.0. The summed E-state index contributed by atoms with van der Waals surface area (Å²) in [6, 6.07) is 20.8. The summed E-state index contributed by atoms with van der Waals surface area (Å²) < 4.78 is 0. The summed E-state index contributed by atoms with van der Waals surface area (Å²) in [6.07, 6.45) is 22.3. The van der Waals surface area contributed by atoms with Gasteiger partial charge in [-0.1, -0.05) is 177 Å². The first-order valence-electron chi connectivity index (χ1n) is 16.0. The van der Waals surface area contributed by atoms with Gasteiger partial charge in [-0.2, -0.15) is 0 Å². The molecule has 226 valence electrons. The molecule has 0 N–H and O–H groups in total. The molecule has 0 atom stereocenters. The van der Waals surface area contributed by atoms with Gasteiger partial charge in [-0.05, 0) is 36.8 Å². The third kappa shape index (κ3) is 33.5. The number of unbranched alkanes of at least 4 members (excludes halogenated alkanes) is 16. The van der Waals surface area contributed by atoms with Crippen molar-refractivity contribution < 1.29 is 19.8 Å². The predicted molar refractivity (Wildman–Crippen MR) is 177 cm³/mol. The Hall–Kier alpha value is -1.02. The van der Waals surface area contributed by atoms with E-state index in [0.29, 0.717) is 0 Å². The van der Waals surface area contributed by atoms with Crippen molar-refractivity contribution in [3.8, 4) is 11.1 Å². The van der Waals surface area contributed by atoms with Crippen LogP contribution in [0.4, 0.5) is 0 Å². The summed E-state index contributed by atoms with van der Waals surface area (Å²) in [5.41, 5.74) is 2.55. The van der Waals surface area contributed by atoms with Gasteiger partial charge in [0.25, 0.3) is 0 Å². The minimum Gasteiger partial charge on any atom is -0.550 e. The van der Waals surface area contributed by atoms with Crippen LogP contribution in [0.2, 0.25) is 0 Å². The van der Waals surface area contributed by atoms with Gasteiger partial charge < -0.3 is 19.8 Å². The topological polar surface area (TPSA) is 80.3 Å². The summed E-state index contributed by atoms with van der Waals surface area (Å²) in [4.78, 5) is 20.2. The van der Waals surface area contributed by atoms with Crippen molar-refractivity contribution in [2.24, 2.45) is 0 Å². The number of aliphatic carboxylic acids is 2. The number of hydrogen-bond acceptors (Lipinski definition) is 4. The second-order valence-corrected chi connectivity index (χ2v) is 10.6. The van der Waals surface area contributed by atoms with Crippen molar-refractivity contribution in [1.29, 1.82) is 0 Å². The van der Waals surface area contributed by atoms with E-state index in [9.17, 15) is 19.8 Å². The molecule has 0 heterocycles. The van der Waals surface area contributed by atoms with Crippen molar-refractivity contribution in [3.63, 3.8) is 0 Å². The van der Waals surface area contributed by atoms with E-state index in [1.54, 1.807) is 0 Å². The van der Waals surface area contributed by atoms with Gasteiger partial charge >= 0.3 is 47.8 Å². The fourth-order valence-corrected chi connectivity index (χ4v) is 4.42. The third-order valence-electron chi connectivity index (χ3n) is 6.85. The fourth-order valence-electron chi connectivity index (χ4n) is 4.42. The van der Waals surface area contributed by atoms with Crippen LogP contribution in [0.5, 0.6) is 0 Å². The van der Waals surface area contributed by atoms with E-state index in [2.05, 4.69) is 62.4 Å². The van der Waals surface area contributed by atoms with Gasteiger partial charge in [0.1, 0.15) is 0 Å². The number of rotatable bonds is 21. The molecular formula is C36H56O4Sn2+6. The van der Waals surface area contributed by atoms with Crippen LogP contribution in [-0.2, 0) is 9.59 Å². The number of benzene rings is 2. The van der Waals surface area contributed by atoms with Crippen molar-refractivity contribution >= 4 is 59.8 Å². The normalized spacial score (nSPS) is 9.67. The molecule has 0 aromatic heterocycles. The van der Waals surface area contributed by atoms with Gasteiger partial charge in [0.15, 0.2) is 0 Å². The second kappa shape index (κ2) is 36.2. The molecule has 0 amide bonds. The van der Waals surface area contributed by atoms with E-state index < -0.39 is 11.9 Å². The van der Waals surface area contributed by atoms with Gasteiger partial charge in [0.2, 0.25) is 0 Å². The molecule has 0 fully saturated rings. The van der Waals surface area contributed by atoms with Crippen LogP contribution in [0, 0.1) is 0 Å². The van der Waals surface area contributed by atoms with Crippen molar-refractivity contribution in [3.05, 3.63) is 60.7 Å². The molecule has 2 aromatic carbocycles. The molecule has 2 rings (SSSR count). The van der Waals surface area contributed by atoms with Crippen LogP contribution in [0.15, 0.2) is 60.7 Å². The first-order chi connectivity index (χ1) is 19.5. The Labute approximate surface area is 291 Å². The standard InChI is InChI=1S/2C12H24O2.C12H10.2Sn/c2*1-2-3-4-5-6-7-8-9-10-11-12(13)14;1-3-7-11(8-4-1)12-9-5-2-6-10-12;;/h2*2-11H2,1H3,(H,13,14);1-10H;;/q;;;2*+4/p-2. The monoisotopic (exact) mass is 792 g/mol. The van der Waals surface area contributed by atoms with Crippen LogP contribution in [0.1, 0.15) is 142 Å². The molecule has 0 spiro atoms. The van der Waals surface area contributed by atoms with E-state index in [0.717, 1.165) is 25.7 Å². The molecule has 0 aliphatic carbocycles. The SMILES string of the molecule is CCCCCCCCCCCC(=O)[O-].CCCCCCCCCCCC(=O)[O-].[Sn+4].[Sn+4].c1ccc(-c2ccccc2)cc1. The van der Waals surface area contributed by atoms with Crippen molar-refractivity contribution in [1.82, 2.24) is 0 Å². The Morgan fingerprint density at radius 2 is 0.667 bits per heavy atom. The molecule has 2 aromatic rings. The number of carbonyl (C=O) groups excluding carboxylic acids is 2. The molecule has 4 nitrogen and oxygen atoms in total. The zero-order valence-corrected chi connectivity index (χ0v) is 32.3. The maximum atomic E-state index is 10.1. The maximum absolute atomic E-state index is 10.1. The molecular weight excluding hydrogens is 734 g/mol. The molecule has 0 unspecified atom stereocenters. The summed E-state index contributed by atoms with van der Waals surface area (Å²) in [5.74, 6) is -1.82. The fraction of sp³-hybridized carbons (Fsp3) is 0.611. The minimum atomic E-state index is -0.909. The molecule has 0 aliphatic heterocycles. The molecule has 0 radical (unpaired) electrons. The summed E-state index contributed by atoms with van der Waals surface area (Å²) in [6.45, 7) is 4.44. The van der Waals surface area contributed by atoms with Gasteiger partial charge in [0, 0.05) is 11.9 Å². The zero-order valence-electron chi connectivity index (χ0n) is 26.5. The van der Waals surface area contributed by atoms with Crippen molar-refractivity contribution in [2.45, 2.75) is 142 Å². The molecule has 0 saturated carbocycles. The number of carboxylic acid groups (broad SMARTS) is 2. The minimum absolute atomic E-state index is 0. The van der Waals surface area contributed by atoms with Gasteiger partial charge in [-0.25, -0.2) is 0 Å². The number of hydrogen-bond donors (Lipinski definition) is 0. The molecule has 0 aliphatic rings. The first kappa shape index (κ1) is 45.4. The summed E-state index contributed by atoms with van der Waals surface area (Å²) in [5, 5.41) is 20.2. The van der Waals surface area contributed by atoms with Crippen LogP contribution in [0.3, 0.4) is 0 Å². The van der Waals surface area contributed by atoms with E-state index in [4.69, 9.17) is 0 Å². The second-order valence-electron chi connectivity index (χ2n) is 10.6. The Kier molecular flexibility index (Phi) is 39.1. The molecule has 0 bridgehead atoms. The van der Waals surface area contributed by atoms with Gasteiger partial charge in [-0.15, -0.1) is 0 Å². The Bertz CT molecular complexity index is 746. The molecule has 0 saturated heterocycles. The van der Waals surface area contributed by atoms with E-state index >= 15 is 0 Å². The van der Waals surface area contributed by atoms with Gasteiger partial charge in [0.05, 0.1) is 0 Å². The van der Waals surface area contributed by atoms with Gasteiger partial charge in [-0.3, -0.25) is 0 Å². The zero-order chi connectivity index (χ0) is 29.5. The van der Waals surface area contributed by atoms with Crippen LogP contribution in [-0.4, -0.2) is 59.8 Å². The summed E-state index contributed by atoms with van der Waals surface area (Å²) >= 11 is 0. The van der Waals surface area contributed by atoms with E-state index in [1.807, 2.05) is 12.1 Å². The Balaban J connectivity index is -0.000000531. The quantitative estimate of drug-likeness (QED) is 0.0952. The predicted octanol–water partition coefficient (Wildman–Crippen LogP) is 7.91. The maximum Gasteiger partial charge on any atom is 4.00 e. The number of carbonyl (C=O) groups is 2. The average Bonchev–Trinajstić information content (AvgIpc) is 2.97. The summed E-state index contributed by atoms with van der Waals surface area (Å²) in [7, 11) is 0. The number of carboxylic acids is 2. The van der Waals surface area contributed by atoms with Crippen LogP contribution < -0.4 is 10.2 Å². The third-order valence-corrected chi connectivity index (χ3v) is 6.85. The molecule has 42 heavy (non-hydrogen) atoms. The van der Waals surface area contributed by atoms with Crippen LogP contribution >= 0.6 is 0 Å². The van der Waals surface area contributed by atoms with Crippen molar-refractivity contribution in [2.75, 3.05) is 0 Å². The van der Waals surface area contributed by atoms with E-state index in [1.165, 1.54) is 101 Å². The van der Waals surface area contributed by atoms with Crippen LogP contribution in [0.25, 0.3) is 11.1 Å². The largest absolute Gasteiger partial charge is 4.00 e. The molecule has 6 heteroatoms.